The van der Waals surface area contributed by atoms with Crippen LogP contribution in [0.15, 0.2) is 42.5 Å². The van der Waals surface area contributed by atoms with Crippen molar-refractivity contribution in [3.05, 3.63) is 65.0 Å². The summed E-state index contributed by atoms with van der Waals surface area (Å²) in [6.07, 6.45) is 0.135. The molecule has 1 heterocycles. The van der Waals surface area contributed by atoms with Crippen molar-refractivity contribution in [2.45, 2.75) is 20.3 Å². The Morgan fingerprint density at radius 2 is 1.75 bits per heavy atom. The smallest absolute Gasteiger partial charge is 0.227 e. The van der Waals surface area contributed by atoms with Crippen LogP contribution in [0.2, 0.25) is 0 Å². The highest BCUT2D eigenvalue weighted by Gasteiger charge is 2.22. The minimum Gasteiger partial charge on any atom is -0.368 e. The molecule has 0 N–H and O–H groups in total. The first-order valence-corrected chi connectivity index (χ1v) is 8.38. The van der Waals surface area contributed by atoms with Gasteiger partial charge in [0.05, 0.1) is 6.42 Å². The molecule has 2 aromatic carbocycles. The summed E-state index contributed by atoms with van der Waals surface area (Å²) in [5.41, 5.74) is 4.23. The number of carbonyl (C=O) groups is 1. The van der Waals surface area contributed by atoms with E-state index in [2.05, 4.69) is 36.9 Å². The van der Waals surface area contributed by atoms with Crippen LogP contribution in [0, 0.1) is 19.7 Å². The van der Waals surface area contributed by atoms with Crippen molar-refractivity contribution in [1.29, 1.82) is 0 Å². The lowest BCUT2D eigenvalue weighted by atomic mass is 10.1. The predicted octanol–water partition coefficient (Wildman–Crippen LogP) is 3.33. The molecule has 3 rings (SSSR count). The van der Waals surface area contributed by atoms with E-state index in [9.17, 15) is 9.18 Å². The van der Waals surface area contributed by atoms with Gasteiger partial charge in [-0.15, -0.1) is 0 Å². The SMILES string of the molecule is Cc1ccc(N2CCN(C(=O)Cc3ccccc3F)CC2)c(C)c1. The maximum atomic E-state index is 13.7. The monoisotopic (exact) mass is 326 g/mol. The summed E-state index contributed by atoms with van der Waals surface area (Å²) in [7, 11) is 0. The van der Waals surface area contributed by atoms with Crippen molar-refractivity contribution < 1.29 is 9.18 Å². The Labute approximate surface area is 142 Å². The van der Waals surface area contributed by atoms with E-state index in [0.29, 0.717) is 18.7 Å². The second kappa shape index (κ2) is 7.04. The first-order valence-electron chi connectivity index (χ1n) is 8.38. The zero-order valence-corrected chi connectivity index (χ0v) is 14.3. The van der Waals surface area contributed by atoms with Crippen LogP contribution in [0.5, 0.6) is 0 Å². The molecule has 0 aromatic heterocycles. The Bertz CT molecular complexity index is 736. The topological polar surface area (TPSA) is 23.6 Å². The molecule has 1 aliphatic heterocycles. The van der Waals surface area contributed by atoms with Crippen LogP contribution in [0.3, 0.4) is 0 Å². The fourth-order valence-corrected chi connectivity index (χ4v) is 3.27. The molecule has 126 valence electrons. The van der Waals surface area contributed by atoms with Crippen molar-refractivity contribution in [3.63, 3.8) is 0 Å². The van der Waals surface area contributed by atoms with Crippen LogP contribution in [-0.2, 0) is 11.2 Å². The van der Waals surface area contributed by atoms with Gasteiger partial charge in [0.15, 0.2) is 0 Å². The maximum Gasteiger partial charge on any atom is 0.227 e. The van der Waals surface area contributed by atoms with Crippen molar-refractivity contribution in [2.75, 3.05) is 31.1 Å². The van der Waals surface area contributed by atoms with Gasteiger partial charge in [-0.2, -0.15) is 0 Å². The molecule has 0 spiro atoms. The van der Waals surface area contributed by atoms with Gasteiger partial charge in [-0.05, 0) is 37.1 Å². The number of rotatable bonds is 3. The van der Waals surface area contributed by atoms with E-state index < -0.39 is 0 Å². The summed E-state index contributed by atoms with van der Waals surface area (Å²) >= 11 is 0. The summed E-state index contributed by atoms with van der Waals surface area (Å²) in [4.78, 5) is 16.6. The fraction of sp³-hybridized carbons (Fsp3) is 0.350. The number of hydrogen-bond donors (Lipinski definition) is 0. The number of hydrogen-bond acceptors (Lipinski definition) is 2. The van der Waals surface area contributed by atoms with Gasteiger partial charge in [0.25, 0.3) is 0 Å². The molecule has 1 aliphatic rings. The van der Waals surface area contributed by atoms with E-state index in [1.807, 2.05) is 4.90 Å². The van der Waals surface area contributed by atoms with E-state index in [1.165, 1.54) is 22.9 Å². The lowest BCUT2D eigenvalue weighted by Crippen LogP contribution is -2.49. The highest BCUT2D eigenvalue weighted by molar-refractivity contribution is 5.79. The van der Waals surface area contributed by atoms with E-state index in [-0.39, 0.29) is 18.1 Å². The molecule has 0 radical (unpaired) electrons. The molecule has 0 aliphatic carbocycles. The van der Waals surface area contributed by atoms with Gasteiger partial charge >= 0.3 is 0 Å². The molecule has 0 atom stereocenters. The van der Waals surface area contributed by atoms with Crippen molar-refractivity contribution in [3.8, 4) is 0 Å². The Hall–Kier alpha value is -2.36. The summed E-state index contributed by atoms with van der Waals surface area (Å²) in [5, 5.41) is 0. The van der Waals surface area contributed by atoms with Crippen molar-refractivity contribution in [1.82, 2.24) is 4.90 Å². The van der Waals surface area contributed by atoms with Crippen molar-refractivity contribution in [2.24, 2.45) is 0 Å². The van der Waals surface area contributed by atoms with Gasteiger partial charge in [-0.1, -0.05) is 35.9 Å². The van der Waals surface area contributed by atoms with Crippen LogP contribution in [0.1, 0.15) is 16.7 Å². The average Bonchev–Trinajstić information content (AvgIpc) is 2.57. The minimum atomic E-state index is -0.306. The molecule has 0 saturated carbocycles. The van der Waals surface area contributed by atoms with E-state index in [1.54, 1.807) is 18.2 Å². The number of aryl methyl sites for hydroxylation is 2. The Morgan fingerprint density at radius 1 is 1.04 bits per heavy atom. The van der Waals surface area contributed by atoms with Crippen LogP contribution in [0.25, 0.3) is 0 Å². The number of anilines is 1. The summed E-state index contributed by atoms with van der Waals surface area (Å²) in [5.74, 6) is -0.305. The summed E-state index contributed by atoms with van der Waals surface area (Å²) in [6.45, 7) is 7.20. The van der Waals surface area contributed by atoms with Gasteiger partial charge in [0.2, 0.25) is 5.91 Å². The third kappa shape index (κ3) is 3.58. The second-order valence-electron chi connectivity index (χ2n) is 6.43. The molecule has 1 amide bonds. The highest BCUT2D eigenvalue weighted by Crippen LogP contribution is 2.22. The standard InChI is InChI=1S/C20H23FN2O/c1-15-7-8-19(16(2)13-15)22-9-11-23(12-10-22)20(24)14-17-5-3-4-6-18(17)21/h3-8,13H,9-12,14H2,1-2H3. The van der Waals surface area contributed by atoms with E-state index in [0.717, 1.165) is 13.1 Å². The Morgan fingerprint density at radius 3 is 2.42 bits per heavy atom. The lowest BCUT2D eigenvalue weighted by molar-refractivity contribution is -0.130. The summed E-state index contributed by atoms with van der Waals surface area (Å²) in [6, 6.07) is 13.0. The van der Waals surface area contributed by atoms with Crippen LogP contribution >= 0.6 is 0 Å². The zero-order valence-electron chi connectivity index (χ0n) is 14.3. The largest absolute Gasteiger partial charge is 0.368 e. The van der Waals surface area contributed by atoms with E-state index >= 15 is 0 Å². The molecule has 3 nitrogen and oxygen atoms in total. The highest BCUT2D eigenvalue weighted by atomic mass is 19.1. The third-order valence-corrected chi connectivity index (χ3v) is 4.62. The quantitative estimate of drug-likeness (QED) is 0.864. The molecular formula is C20H23FN2O. The number of piperazine rings is 1. The maximum absolute atomic E-state index is 13.7. The molecule has 2 aromatic rings. The normalized spacial score (nSPS) is 14.8. The van der Waals surface area contributed by atoms with Crippen molar-refractivity contribution >= 4 is 11.6 Å². The first kappa shape index (κ1) is 16.5. The van der Waals surface area contributed by atoms with Crippen LogP contribution in [-0.4, -0.2) is 37.0 Å². The Kier molecular flexibility index (Phi) is 4.84. The molecule has 0 unspecified atom stereocenters. The zero-order chi connectivity index (χ0) is 17.1. The van der Waals surface area contributed by atoms with Gasteiger partial charge in [-0.3, -0.25) is 4.79 Å². The second-order valence-corrected chi connectivity index (χ2v) is 6.43. The van der Waals surface area contributed by atoms with Crippen LogP contribution in [0.4, 0.5) is 10.1 Å². The van der Waals surface area contributed by atoms with E-state index in [4.69, 9.17) is 0 Å². The number of halogens is 1. The van der Waals surface area contributed by atoms with Crippen LogP contribution < -0.4 is 4.90 Å². The van der Waals surface area contributed by atoms with Gasteiger partial charge in [0.1, 0.15) is 5.82 Å². The molecular weight excluding hydrogens is 303 g/mol. The molecule has 4 heteroatoms. The minimum absolute atomic E-state index is 0.000350. The fourth-order valence-electron chi connectivity index (χ4n) is 3.27. The Balaban J connectivity index is 1.60. The molecule has 0 bridgehead atoms. The predicted molar refractivity (Wildman–Crippen MR) is 94.8 cm³/mol. The summed E-state index contributed by atoms with van der Waals surface area (Å²) < 4.78 is 13.7. The lowest BCUT2D eigenvalue weighted by Gasteiger charge is -2.37. The number of carbonyl (C=O) groups excluding carboxylic acids is 1. The van der Waals surface area contributed by atoms with Gasteiger partial charge < -0.3 is 9.80 Å². The number of amides is 1. The first-order chi connectivity index (χ1) is 11.5. The van der Waals surface area contributed by atoms with Gasteiger partial charge in [0, 0.05) is 31.9 Å². The van der Waals surface area contributed by atoms with Gasteiger partial charge in [-0.25, -0.2) is 4.39 Å². The average molecular weight is 326 g/mol. The third-order valence-electron chi connectivity index (χ3n) is 4.62. The molecule has 24 heavy (non-hydrogen) atoms. The number of nitrogens with zero attached hydrogens (tertiary/aromatic N) is 2. The molecule has 1 fully saturated rings. The molecule has 1 saturated heterocycles. The number of benzene rings is 2.